The summed E-state index contributed by atoms with van der Waals surface area (Å²) >= 11 is 0. The number of hydrogen-bond donors (Lipinski definition) is 0. The predicted molar refractivity (Wildman–Crippen MR) is 66.3 cm³/mol. The van der Waals surface area contributed by atoms with Crippen molar-refractivity contribution in [3.05, 3.63) is 23.6 Å². The molecule has 18 heavy (non-hydrogen) atoms. The molecule has 0 aromatic carbocycles. The zero-order valence-electron chi connectivity index (χ0n) is 10.6. The van der Waals surface area contributed by atoms with Crippen LogP contribution in [-0.2, 0) is 0 Å². The van der Waals surface area contributed by atoms with Gasteiger partial charge in [-0.3, -0.25) is 4.79 Å². The van der Waals surface area contributed by atoms with E-state index in [1.54, 1.807) is 0 Å². The quantitative estimate of drug-likeness (QED) is 0.753. The van der Waals surface area contributed by atoms with Crippen molar-refractivity contribution in [2.24, 2.45) is 5.92 Å². The Balaban J connectivity index is 1.99. The highest BCUT2D eigenvalue weighted by atomic mass is 19.1. The Kier molecular flexibility index (Phi) is 4.28. The van der Waals surface area contributed by atoms with E-state index in [2.05, 4.69) is 4.98 Å². The Morgan fingerprint density at radius 3 is 2.89 bits per heavy atom. The maximum atomic E-state index is 13.8. The third-order valence-electron chi connectivity index (χ3n) is 3.61. The fourth-order valence-corrected chi connectivity index (χ4v) is 2.55. The van der Waals surface area contributed by atoms with Gasteiger partial charge in [0.2, 0.25) is 0 Å². The number of aromatic nitrogens is 1. The lowest BCUT2D eigenvalue weighted by Crippen LogP contribution is -2.07. The fraction of sp³-hybridized carbons (Fsp3) is 0.571. The van der Waals surface area contributed by atoms with Crippen molar-refractivity contribution in [2.75, 3.05) is 7.11 Å². The molecule has 0 unspecified atom stereocenters. The summed E-state index contributed by atoms with van der Waals surface area (Å²) < 4.78 is 18.6. The smallest absolute Gasteiger partial charge is 0.250 e. The molecular formula is C14H18FNO2. The first-order valence-electron chi connectivity index (χ1n) is 6.44. The number of nitrogens with zero attached hydrogens (tertiary/aromatic N) is 1. The molecule has 1 aromatic rings. The maximum absolute atomic E-state index is 13.8. The van der Waals surface area contributed by atoms with Crippen molar-refractivity contribution < 1.29 is 13.9 Å². The minimum Gasteiger partial charge on any atom is -0.479 e. The van der Waals surface area contributed by atoms with Gasteiger partial charge in [-0.25, -0.2) is 9.37 Å². The number of Topliss-reactive ketones (excluding diaryl/α,β-unsaturated/α-hetero) is 1. The molecule has 1 aliphatic carbocycles. The number of ether oxygens (including phenoxy) is 1. The monoisotopic (exact) mass is 251 g/mol. The number of halogens is 1. The molecule has 4 heteroatoms. The molecule has 98 valence electrons. The van der Waals surface area contributed by atoms with Crippen molar-refractivity contribution in [3.8, 4) is 5.88 Å². The van der Waals surface area contributed by atoms with Crippen molar-refractivity contribution in [2.45, 2.75) is 38.5 Å². The number of methoxy groups -OCH3 is 1. The molecule has 0 N–H and O–H groups in total. The van der Waals surface area contributed by atoms with Crippen molar-refractivity contribution >= 4 is 5.78 Å². The Labute approximate surface area is 106 Å². The summed E-state index contributed by atoms with van der Waals surface area (Å²) in [6.07, 6.45) is 7.61. The number of carbonyl (C=O) groups excluding carboxylic acids is 1. The van der Waals surface area contributed by atoms with E-state index in [1.165, 1.54) is 45.1 Å². The van der Waals surface area contributed by atoms with Gasteiger partial charge in [0.15, 0.2) is 11.6 Å². The Hall–Kier alpha value is -1.45. The van der Waals surface area contributed by atoms with Crippen molar-refractivity contribution in [3.63, 3.8) is 0 Å². The molecule has 3 nitrogen and oxygen atoms in total. The van der Waals surface area contributed by atoms with Crippen molar-refractivity contribution in [1.29, 1.82) is 0 Å². The van der Waals surface area contributed by atoms with Crippen LogP contribution in [0.2, 0.25) is 0 Å². The van der Waals surface area contributed by atoms with E-state index < -0.39 is 5.82 Å². The summed E-state index contributed by atoms with van der Waals surface area (Å²) in [5.74, 6) is -0.265. The Morgan fingerprint density at radius 1 is 1.50 bits per heavy atom. The highest BCUT2D eigenvalue weighted by Gasteiger charge is 2.20. The second kappa shape index (κ2) is 5.94. The Bertz CT molecular complexity index is 428. The summed E-state index contributed by atoms with van der Waals surface area (Å²) in [6.45, 7) is 0. The van der Waals surface area contributed by atoms with Crippen LogP contribution in [0.1, 0.15) is 48.9 Å². The first-order valence-corrected chi connectivity index (χ1v) is 6.44. The van der Waals surface area contributed by atoms with Gasteiger partial charge in [-0.2, -0.15) is 0 Å². The minimum absolute atomic E-state index is 0.0971. The van der Waals surface area contributed by atoms with Gasteiger partial charge in [0, 0.05) is 12.6 Å². The van der Waals surface area contributed by atoms with E-state index in [-0.39, 0.29) is 17.2 Å². The number of carbonyl (C=O) groups is 1. The summed E-state index contributed by atoms with van der Waals surface area (Å²) in [6, 6.07) is 1.43. The van der Waals surface area contributed by atoms with E-state index in [4.69, 9.17) is 4.74 Å². The first kappa shape index (κ1) is 13.0. The van der Waals surface area contributed by atoms with Crippen LogP contribution in [0.25, 0.3) is 0 Å². The van der Waals surface area contributed by atoms with Crippen LogP contribution in [0.15, 0.2) is 12.3 Å². The van der Waals surface area contributed by atoms with Gasteiger partial charge in [-0.1, -0.05) is 25.7 Å². The third kappa shape index (κ3) is 2.86. The summed E-state index contributed by atoms with van der Waals surface area (Å²) in [5.41, 5.74) is 0.0971. The van der Waals surface area contributed by atoms with Crippen LogP contribution in [0.5, 0.6) is 5.88 Å². The van der Waals surface area contributed by atoms with E-state index in [9.17, 15) is 9.18 Å². The van der Waals surface area contributed by atoms with Gasteiger partial charge >= 0.3 is 0 Å². The van der Waals surface area contributed by atoms with E-state index >= 15 is 0 Å². The minimum atomic E-state index is -0.642. The lowest BCUT2D eigenvalue weighted by atomic mass is 9.98. The van der Waals surface area contributed by atoms with E-state index in [0.29, 0.717) is 12.3 Å². The van der Waals surface area contributed by atoms with Gasteiger partial charge in [0.25, 0.3) is 5.88 Å². The number of ketones is 1. The van der Waals surface area contributed by atoms with Crippen LogP contribution in [0, 0.1) is 11.7 Å². The van der Waals surface area contributed by atoms with Crippen molar-refractivity contribution in [1.82, 2.24) is 4.98 Å². The summed E-state index contributed by atoms with van der Waals surface area (Å²) in [7, 11) is 1.35. The predicted octanol–water partition coefficient (Wildman–Crippen LogP) is 3.38. The number of hydrogen-bond acceptors (Lipinski definition) is 3. The second-order valence-corrected chi connectivity index (χ2v) is 4.79. The molecule has 0 bridgehead atoms. The van der Waals surface area contributed by atoms with Crippen LogP contribution < -0.4 is 4.74 Å². The normalized spacial score (nSPS) is 15.9. The molecule has 0 saturated heterocycles. The zero-order valence-corrected chi connectivity index (χ0v) is 10.6. The lowest BCUT2D eigenvalue weighted by Gasteiger charge is -2.09. The molecule has 1 aromatic heterocycles. The molecule has 1 aliphatic rings. The standard InChI is InChI=1S/C14H18FNO2/c1-18-14-13(15)11(8-9-16-14)12(17)7-6-10-4-2-3-5-10/h8-10H,2-7H2,1H3. The van der Waals surface area contributed by atoms with Gasteiger partial charge in [0.05, 0.1) is 12.7 Å². The zero-order chi connectivity index (χ0) is 13.0. The number of pyridine rings is 1. The fourth-order valence-electron chi connectivity index (χ4n) is 2.55. The molecule has 2 rings (SSSR count). The highest BCUT2D eigenvalue weighted by molar-refractivity contribution is 5.96. The molecule has 0 aliphatic heterocycles. The largest absolute Gasteiger partial charge is 0.479 e. The van der Waals surface area contributed by atoms with Gasteiger partial charge in [0.1, 0.15) is 0 Å². The van der Waals surface area contributed by atoms with Crippen LogP contribution in [-0.4, -0.2) is 17.9 Å². The summed E-state index contributed by atoms with van der Waals surface area (Å²) in [5, 5.41) is 0. The van der Waals surface area contributed by atoms with Crippen LogP contribution in [0.4, 0.5) is 4.39 Å². The molecule has 1 fully saturated rings. The first-order chi connectivity index (χ1) is 8.72. The van der Waals surface area contributed by atoms with Gasteiger partial charge in [-0.15, -0.1) is 0 Å². The van der Waals surface area contributed by atoms with Crippen LogP contribution >= 0.6 is 0 Å². The topological polar surface area (TPSA) is 39.2 Å². The molecule has 0 atom stereocenters. The highest BCUT2D eigenvalue weighted by Crippen LogP contribution is 2.29. The molecular weight excluding hydrogens is 233 g/mol. The van der Waals surface area contributed by atoms with Gasteiger partial charge in [-0.05, 0) is 18.4 Å². The average Bonchev–Trinajstić information content (AvgIpc) is 2.89. The molecule has 0 amide bonds. The van der Waals surface area contributed by atoms with E-state index in [0.717, 1.165) is 6.42 Å². The third-order valence-corrected chi connectivity index (χ3v) is 3.61. The SMILES string of the molecule is COc1nccc(C(=O)CCC2CCCC2)c1F. The van der Waals surface area contributed by atoms with E-state index in [1.807, 2.05) is 0 Å². The second-order valence-electron chi connectivity index (χ2n) is 4.79. The molecule has 1 saturated carbocycles. The molecule has 0 spiro atoms. The molecule has 0 radical (unpaired) electrons. The lowest BCUT2D eigenvalue weighted by molar-refractivity contribution is 0.0969. The average molecular weight is 251 g/mol. The van der Waals surface area contributed by atoms with Gasteiger partial charge < -0.3 is 4.74 Å². The molecule has 1 heterocycles. The summed E-state index contributed by atoms with van der Waals surface area (Å²) in [4.78, 5) is 15.7. The number of rotatable bonds is 5. The Morgan fingerprint density at radius 2 is 2.22 bits per heavy atom. The maximum Gasteiger partial charge on any atom is 0.250 e. The van der Waals surface area contributed by atoms with Crippen LogP contribution in [0.3, 0.4) is 0 Å².